The summed E-state index contributed by atoms with van der Waals surface area (Å²) in [7, 11) is 0. The van der Waals surface area contributed by atoms with Gasteiger partial charge in [0.2, 0.25) is 0 Å². The van der Waals surface area contributed by atoms with E-state index in [0.29, 0.717) is 5.92 Å². The van der Waals surface area contributed by atoms with Crippen LogP contribution in [0.4, 0.5) is 4.79 Å². The van der Waals surface area contributed by atoms with Crippen molar-refractivity contribution in [3.8, 4) is 0 Å². The Bertz CT molecular complexity index is 214. The van der Waals surface area contributed by atoms with Gasteiger partial charge in [0.25, 0.3) is 0 Å². The molecule has 0 atom stereocenters. The SMILES string of the molecule is CC(C)(C)OC(=O)NN=CC1CC1. The first-order valence-electron chi connectivity index (χ1n) is 4.49. The van der Waals surface area contributed by atoms with Crippen molar-refractivity contribution in [3.05, 3.63) is 0 Å². The number of amides is 1. The van der Waals surface area contributed by atoms with E-state index in [1.807, 2.05) is 20.8 Å². The molecule has 0 spiro atoms. The minimum absolute atomic E-state index is 0.459. The molecule has 1 rings (SSSR count). The summed E-state index contributed by atoms with van der Waals surface area (Å²) in [6, 6.07) is 0. The molecule has 74 valence electrons. The zero-order chi connectivity index (χ0) is 9.90. The van der Waals surface area contributed by atoms with E-state index in [2.05, 4.69) is 10.5 Å². The molecule has 4 nitrogen and oxygen atoms in total. The lowest BCUT2D eigenvalue weighted by Crippen LogP contribution is -2.29. The number of hydrogen-bond acceptors (Lipinski definition) is 3. The third-order valence-electron chi connectivity index (χ3n) is 1.46. The maximum absolute atomic E-state index is 11.0. The largest absolute Gasteiger partial charge is 0.443 e. The van der Waals surface area contributed by atoms with Crippen LogP contribution in [-0.4, -0.2) is 17.9 Å². The number of ether oxygens (including phenoxy) is 1. The van der Waals surface area contributed by atoms with E-state index in [0.717, 1.165) is 0 Å². The van der Waals surface area contributed by atoms with Crippen LogP contribution in [0.2, 0.25) is 0 Å². The summed E-state index contributed by atoms with van der Waals surface area (Å²) in [6.45, 7) is 5.45. The van der Waals surface area contributed by atoms with Crippen LogP contribution in [-0.2, 0) is 4.74 Å². The van der Waals surface area contributed by atoms with Crippen LogP contribution in [0.25, 0.3) is 0 Å². The van der Waals surface area contributed by atoms with Crippen molar-refractivity contribution in [1.29, 1.82) is 0 Å². The molecule has 0 unspecified atom stereocenters. The smallest absolute Gasteiger partial charge is 0.428 e. The van der Waals surface area contributed by atoms with Crippen LogP contribution >= 0.6 is 0 Å². The summed E-state index contributed by atoms with van der Waals surface area (Å²) < 4.78 is 4.98. The standard InChI is InChI=1S/C9H16N2O2/c1-9(2,3)13-8(12)11-10-6-7-4-5-7/h6-7H,4-5H2,1-3H3,(H,11,12). The highest BCUT2D eigenvalue weighted by Gasteiger charge is 2.19. The number of hydrazone groups is 1. The average Bonchev–Trinajstić information content (AvgIpc) is 2.66. The van der Waals surface area contributed by atoms with E-state index in [9.17, 15) is 4.79 Å². The Morgan fingerprint density at radius 3 is 2.62 bits per heavy atom. The maximum atomic E-state index is 11.0. The molecule has 1 aliphatic rings. The highest BCUT2D eigenvalue weighted by Crippen LogP contribution is 2.25. The fourth-order valence-electron chi connectivity index (χ4n) is 0.742. The predicted molar refractivity (Wildman–Crippen MR) is 50.6 cm³/mol. The molecule has 1 saturated carbocycles. The second-order valence-corrected chi connectivity index (χ2v) is 4.23. The van der Waals surface area contributed by atoms with Crippen LogP contribution in [0, 0.1) is 5.92 Å². The first kappa shape index (κ1) is 10.0. The van der Waals surface area contributed by atoms with Crippen LogP contribution in [0.3, 0.4) is 0 Å². The topological polar surface area (TPSA) is 50.7 Å². The normalized spacial score (nSPS) is 17.5. The van der Waals surface area contributed by atoms with Crippen molar-refractivity contribution >= 4 is 12.3 Å². The summed E-state index contributed by atoms with van der Waals surface area (Å²) >= 11 is 0. The van der Waals surface area contributed by atoms with Crippen molar-refractivity contribution in [2.75, 3.05) is 0 Å². The lowest BCUT2D eigenvalue weighted by molar-refractivity contribution is 0.0529. The van der Waals surface area contributed by atoms with Crippen molar-refractivity contribution in [2.24, 2.45) is 11.0 Å². The molecule has 1 N–H and O–H groups in total. The van der Waals surface area contributed by atoms with Gasteiger partial charge in [-0.25, -0.2) is 10.2 Å². The lowest BCUT2D eigenvalue weighted by atomic mass is 10.2. The molecule has 1 fully saturated rings. The third-order valence-corrected chi connectivity index (χ3v) is 1.46. The number of carbonyl (C=O) groups excluding carboxylic acids is 1. The molecule has 0 aromatic heterocycles. The highest BCUT2D eigenvalue weighted by atomic mass is 16.6. The van der Waals surface area contributed by atoms with Crippen molar-refractivity contribution in [3.63, 3.8) is 0 Å². The molecule has 0 saturated heterocycles. The van der Waals surface area contributed by atoms with Gasteiger partial charge < -0.3 is 4.74 Å². The first-order valence-corrected chi connectivity index (χ1v) is 4.49. The van der Waals surface area contributed by atoms with Crippen LogP contribution in [0.5, 0.6) is 0 Å². The summed E-state index contributed by atoms with van der Waals surface area (Å²) in [6.07, 6.45) is 3.62. The van der Waals surface area contributed by atoms with Gasteiger partial charge in [-0.15, -0.1) is 0 Å². The monoisotopic (exact) mass is 184 g/mol. The minimum atomic E-state index is -0.496. The van der Waals surface area contributed by atoms with E-state index in [1.54, 1.807) is 6.21 Å². The van der Waals surface area contributed by atoms with Crippen molar-refractivity contribution in [1.82, 2.24) is 5.43 Å². The molecule has 0 radical (unpaired) electrons. The minimum Gasteiger partial charge on any atom is -0.443 e. The number of hydrogen-bond donors (Lipinski definition) is 1. The highest BCUT2D eigenvalue weighted by molar-refractivity contribution is 5.70. The number of nitrogens with one attached hydrogen (secondary N) is 1. The van der Waals surface area contributed by atoms with E-state index < -0.39 is 11.7 Å². The summed E-state index contributed by atoms with van der Waals surface area (Å²) in [5.41, 5.74) is 1.86. The van der Waals surface area contributed by atoms with Gasteiger partial charge in [0.15, 0.2) is 0 Å². The van der Waals surface area contributed by atoms with Gasteiger partial charge in [0.1, 0.15) is 5.60 Å². The molecule has 0 heterocycles. The van der Waals surface area contributed by atoms with Crippen LogP contribution in [0.15, 0.2) is 5.10 Å². The summed E-state index contributed by atoms with van der Waals surface area (Å²) in [5.74, 6) is 0.565. The van der Waals surface area contributed by atoms with Gasteiger partial charge in [-0.3, -0.25) is 0 Å². The lowest BCUT2D eigenvalue weighted by Gasteiger charge is -2.18. The molecule has 0 bridgehead atoms. The van der Waals surface area contributed by atoms with Crippen LogP contribution in [0.1, 0.15) is 33.6 Å². The molecule has 1 amide bonds. The summed E-state index contributed by atoms with van der Waals surface area (Å²) in [5, 5.41) is 3.77. The van der Waals surface area contributed by atoms with E-state index in [-0.39, 0.29) is 0 Å². The molecule has 0 aliphatic heterocycles. The molecular formula is C9H16N2O2. The van der Waals surface area contributed by atoms with Crippen molar-refractivity contribution in [2.45, 2.75) is 39.2 Å². The van der Waals surface area contributed by atoms with Gasteiger partial charge in [0, 0.05) is 6.21 Å². The van der Waals surface area contributed by atoms with Crippen molar-refractivity contribution < 1.29 is 9.53 Å². The fraction of sp³-hybridized carbons (Fsp3) is 0.778. The molecule has 0 aromatic carbocycles. The Morgan fingerprint density at radius 1 is 1.54 bits per heavy atom. The maximum Gasteiger partial charge on any atom is 0.428 e. The number of carbonyl (C=O) groups is 1. The second-order valence-electron chi connectivity index (χ2n) is 4.23. The Kier molecular flexibility index (Phi) is 2.90. The Morgan fingerprint density at radius 2 is 2.15 bits per heavy atom. The second kappa shape index (κ2) is 3.77. The van der Waals surface area contributed by atoms with E-state index >= 15 is 0 Å². The quantitative estimate of drug-likeness (QED) is 0.526. The Labute approximate surface area is 78.3 Å². The third kappa shape index (κ3) is 5.22. The van der Waals surface area contributed by atoms with Gasteiger partial charge in [0.05, 0.1) is 0 Å². The van der Waals surface area contributed by atoms with Gasteiger partial charge in [-0.1, -0.05) is 0 Å². The van der Waals surface area contributed by atoms with Gasteiger partial charge in [-0.05, 0) is 39.5 Å². The number of nitrogens with zero attached hydrogens (tertiary/aromatic N) is 1. The zero-order valence-corrected chi connectivity index (χ0v) is 8.33. The molecule has 13 heavy (non-hydrogen) atoms. The Hall–Kier alpha value is -1.06. The summed E-state index contributed by atoms with van der Waals surface area (Å²) in [4.78, 5) is 11.0. The average molecular weight is 184 g/mol. The van der Waals surface area contributed by atoms with Crippen LogP contribution < -0.4 is 5.43 Å². The van der Waals surface area contributed by atoms with Gasteiger partial charge >= 0.3 is 6.09 Å². The van der Waals surface area contributed by atoms with E-state index in [4.69, 9.17) is 4.74 Å². The molecular weight excluding hydrogens is 168 g/mol. The fourth-order valence-corrected chi connectivity index (χ4v) is 0.742. The molecule has 0 aromatic rings. The molecule has 4 heteroatoms. The van der Waals surface area contributed by atoms with E-state index in [1.165, 1.54) is 12.8 Å². The first-order chi connectivity index (χ1) is 5.97. The molecule has 1 aliphatic carbocycles. The number of rotatable bonds is 2. The Balaban J connectivity index is 2.16. The predicted octanol–water partition coefficient (Wildman–Crippen LogP) is 1.91. The zero-order valence-electron chi connectivity index (χ0n) is 8.33. The van der Waals surface area contributed by atoms with Gasteiger partial charge in [-0.2, -0.15) is 5.10 Å².